The van der Waals surface area contributed by atoms with Gasteiger partial charge in [0.1, 0.15) is 6.10 Å². The van der Waals surface area contributed by atoms with Crippen LogP contribution in [0.1, 0.15) is 44.2 Å². The van der Waals surface area contributed by atoms with Gasteiger partial charge in [-0.15, -0.1) is 0 Å². The molecule has 2 aromatic carbocycles. The number of ether oxygens (including phenoxy) is 1. The lowest BCUT2D eigenvalue weighted by Crippen LogP contribution is -2.58. The van der Waals surface area contributed by atoms with E-state index in [1.807, 2.05) is 60.7 Å². The Morgan fingerprint density at radius 3 is 2.21 bits per heavy atom. The molecule has 38 heavy (non-hydrogen) atoms. The van der Waals surface area contributed by atoms with Crippen molar-refractivity contribution in [3.63, 3.8) is 0 Å². The molecule has 0 amide bonds. The summed E-state index contributed by atoms with van der Waals surface area (Å²) in [6.45, 7) is 7.82. The lowest BCUT2D eigenvalue weighted by atomic mass is 9.55. The maximum Gasteiger partial charge on any atom is 0.311 e. The second-order valence-corrected chi connectivity index (χ2v) is 12.0. The molecule has 0 unspecified atom stereocenters. The molecule has 2 N–H and O–H groups in total. The maximum atomic E-state index is 13.1. The normalized spacial score (nSPS) is 34.3. The lowest BCUT2D eigenvalue weighted by molar-refractivity contribution is -0.145. The Morgan fingerprint density at radius 2 is 1.61 bits per heavy atom. The number of carbonyl (C=O) groups excluding carboxylic acids is 1. The summed E-state index contributed by atoms with van der Waals surface area (Å²) >= 11 is 0. The van der Waals surface area contributed by atoms with Crippen LogP contribution in [0.15, 0.2) is 72.3 Å². The van der Waals surface area contributed by atoms with E-state index in [0.29, 0.717) is 25.6 Å². The molecular formula is C32H40N2O4. The highest BCUT2D eigenvalue weighted by molar-refractivity contribution is 5.76. The number of allylic oxidation sites excluding steroid dienone is 1. The zero-order chi connectivity index (χ0) is 26.5. The van der Waals surface area contributed by atoms with E-state index in [2.05, 4.69) is 29.7 Å². The van der Waals surface area contributed by atoms with Crippen molar-refractivity contribution in [2.24, 2.45) is 23.2 Å². The topological polar surface area (TPSA) is 73.2 Å². The number of fused-ring (bicyclic) bond motifs is 2. The molecule has 0 aromatic heterocycles. The van der Waals surface area contributed by atoms with Gasteiger partial charge in [-0.3, -0.25) is 14.6 Å². The van der Waals surface area contributed by atoms with E-state index in [1.165, 1.54) is 5.57 Å². The molecule has 3 fully saturated rings. The van der Waals surface area contributed by atoms with E-state index in [0.717, 1.165) is 43.5 Å². The molecule has 2 heterocycles. The molecule has 2 aromatic rings. The Morgan fingerprint density at radius 1 is 1.00 bits per heavy atom. The minimum Gasteiger partial charge on any atom is -0.461 e. The number of nitrogens with zero attached hydrogens (tertiary/aromatic N) is 2. The summed E-state index contributed by atoms with van der Waals surface area (Å²) in [5.41, 5.74) is 1.47. The van der Waals surface area contributed by atoms with E-state index in [9.17, 15) is 15.0 Å². The zero-order valence-electron chi connectivity index (χ0n) is 22.5. The van der Waals surface area contributed by atoms with Crippen LogP contribution in [0.2, 0.25) is 0 Å². The minimum atomic E-state index is -1.22. The number of benzene rings is 2. The maximum absolute atomic E-state index is 13.1. The molecule has 6 atom stereocenters. The Kier molecular flexibility index (Phi) is 6.71. The summed E-state index contributed by atoms with van der Waals surface area (Å²) in [5, 5.41) is 23.8. The van der Waals surface area contributed by atoms with Crippen molar-refractivity contribution >= 4 is 5.97 Å². The molecule has 4 aliphatic rings. The molecule has 6 nitrogen and oxygen atoms in total. The fourth-order valence-corrected chi connectivity index (χ4v) is 7.68. The molecule has 6 rings (SSSR count). The van der Waals surface area contributed by atoms with Crippen LogP contribution < -0.4 is 0 Å². The quantitative estimate of drug-likeness (QED) is 0.466. The molecule has 0 bridgehead atoms. The molecule has 0 spiro atoms. The smallest absolute Gasteiger partial charge is 0.311 e. The van der Waals surface area contributed by atoms with Crippen molar-refractivity contribution in [3.8, 4) is 0 Å². The van der Waals surface area contributed by atoms with Gasteiger partial charge < -0.3 is 14.9 Å². The number of carbonyl (C=O) groups is 1. The predicted molar refractivity (Wildman–Crippen MR) is 146 cm³/mol. The van der Waals surface area contributed by atoms with Crippen molar-refractivity contribution in [2.45, 2.75) is 51.0 Å². The summed E-state index contributed by atoms with van der Waals surface area (Å²) in [6, 6.07) is 19.7. The van der Waals surface area contributed by atoms with Crippen LogP contribution >= 0.6 is 0 Å². The summed E-state index contributed by atoms with van der Waals surface area (Å²) in [6.07, 6.45) is 4.33. The van der Waals surface area contributed by atoms with Crippen LogP contribution in [0, 0.1) is 23.2 Å². The van der Waals surface area contributed by atoms with Crippen LogP contribution in [0.25, 0.3) is 0 Å². The minimum absolute atomic E-state index is 0.165. The van der Waals surface area contributed by atoms with Gasteiger partial charge in [0.25, 0.3) is 0 Å². The van der Waals surface area contributed by atoms with E-state index >= 15 is 0 Å². The van der Waals surface area contributed by atoms with Crippen LogP contribution in [0.5, 0.6) is 0 Å². The van der Waals surface area contributed by atoms with Gasteiger partial charge in [0.2, 0.25) is 0 Å². The van der Waals surface area contributed by atoms with E-state index < -0.39 is 11.8 Å². The second kappa shape index (κ2) is 9.91. The largest absolute Gasteiger partial charge is 0.461 e. The molecule has 2 aliphatic carbocycles. The van der Waals surface area contributed by atoms with Crippen LogP contribution in [-0.2, 0) is 15.3 Å². The average molecular weight is 517 g/mol. The highest BCUT2D eigenvalue weighted by Crippen LogP contribution is 2.56. The highest BCUT2D eigenvalue weighted by atomic mass is 16.6. The van der Waals surface area contributed by atoms with Crippen molar-refractivity contribution < 1.29 is 19.7 Å². The van der Waals surface area contributed by atoms with Crippen LogP contribution in [0.4, 0.5) is 0 Å². The zero-order valence-corrected chi connectivity index (χ0v) is 22.5. The van der Waals surface area contributed by atoms with Gasteiger partial charge in [0.15, 0.2) is 5.72 Å². The first-order valence-corrected chi connectivity index (χ1v) is 14.2. The Bertz CT molecular complexity index is 1140. The second-order valence-electron chi connectivity index (χ2n) is 12.0. The molecule has 1 saturated carbocycles. The third-order valence-electron chi connectivity index (χ3n) is 10.2. The standard InChI is InChI=1S/C32H40N2O4/c1-22-10-9-15-25-20-27-28(29(35)31(22,25)2)26(30(36)38-27)21-33-16-18-34(19-17-33)32(37,23-11-5-3-6-12-23)24-13-7-4-8-14-24/h3-8,11-15,22,26-29,35,37H,9-10,16-21H2,1-2H3/t22-,26+,27+,28-,29-,31+/m0/s1. The summed E-state index contributed by atoms with van der Waals surface area (Å²) in [7, 11) is 0. The Hall–Kier alpha value is -2.51. The van der Waals surface area contributed by atoms with Crippen molar-refractivity contribution in [3.05, 3.63) is 83.4 Å². The van der Waals surface area contributed by atoms with Crippen molar-refractivity contribution in [1.29, 1.82) is 0 Å². The predicted octanol–water partition coefficient (Wildman–Crippen LogP) is 3.78. The first-order chi connectivity index (χ1) is 18.3. The first kappa shape index (κ1) is 25.8. The molecule has 0 radical (unpaired) electrons. The molecule has 6 heteroatoms. The third kappa shape index (κ3) is 4.04. The number of hydrogen-bond donors (Lipinski definition) is 2. The van der Waals surface area contributed by atoms with Gasteiger partial charge in [-0.1, -0.05) is 86.2 Å². The van der Waals surface area contributed by atoms with Gasteiger partial charge in [-0.05, 0) is 18.8 Å². The van der Waals surface area contributed by atoms with E-state index in [1.54, 1.807) is 0 Å². The molecule has 2 aliphatic heterocycles. The van der Waals surface area contributed by atoms with Gasteiger partial charge in [-0.25, -0.2) is 0 Å². The molecule has 2 saturated heterocycles. The summed E-state index contributed by atoms with van der Waals surface area (Å²) in [4.78, 5) is 17.6. The molecule has 202 valence electrons. The fraction of sp³-hybridized carbons (Fsp3) is 0.531. The lowest BCUT2D eigenvalue weighted by Gasteiger charge is -2.52. The monoisotopic (exact) mass is 516 g/mol. The van der Waals surface area contributed by atoms with Gasteiger partial charge in [0.05, 0.1) is 12.0 Å². The number of aliphatic hydroxyl groups excluding tert-OH is 1. The van der Waals surface area contributed by atoms with Crippen LogP contribution in [-0.4, -0.2) is 70.9 Å². The Labute approximate surface area is 225 Å². The third-order valence-corrected chi connectivity index (χ3v) is 10.2. The fourth-order valence-electron chi connectivity index (χ4n) is 7.68. The number of hydrogen-bond acceptors (Lipinski definition) is 6. The van der Waals surface area contributed by atoms with Gasteiger partial charge in [-0.2, -0.15) is 0 Å². The first-order valence-electron chi connectivity index (χ1n) is 14.2. The number of rotatable bonds is 5. The van der Waals surface area contributed by atoms with Crippen molar-refractivity contribution in [2.75, 3.05) is 32.7 Å². The van der Waals surface area contributed by atoms with Crippen LogP contribution in [0.3, 0.4) is 0 Å². The summed E-state index contributed by atoms with van der Waals surface area (Å²) < 4.78 is 5.89. The molecular weight excluding hydrogens is 476 g/mol. The number of aliphatic hydroxyl groups is 2. The van der Waals surface area contributed by atoms with Gasteiger partial charge in [0, 0.05) is 61.6 Å². The highest BCUT2D eigenvalue weighted by Gasteiger charge is 2.60. The summed E-state index contributed by atoms with van der Waals surface area (Å²) in [5.74, 6) is -0.279. The van der Waals surface area contributed by atoms with E-state index in [-0.39, 0.29) is 29.3 Å². The van der Waals surface area contributed by atoms with E-state index in [4.69, 9.17) is 4.74 Å². The van der Waals surface area contributed by atoms with Gasteiger partial charge >= 0.3 is 5.97 Å². The number of esters is 1. The Balaban J connectivity index is 1.18. The van der Waals surface area contributed by atoms with Crippen molar-refractivity contribution in [1.82, 2.24) is 9.80 Å². The SMILES string of the molecule is C[C@H]1CCC=C2C[C@H]3OC(=O)[C@H](CN4CCN(C(O)(c5ccccc5)c5ccccc5)CC4)[C@@H]3[C@H](O)[C@@]21C. The average Bonchev–Trinajstić information content (AvgIpc) is 3.26. The number of piperazine rings is 1.